The van der Waals surface area contributed by atoms with Gasteiger partial charge < -0.3 is 4.74 Å². The summed E-state index contributed by atoms with van der Waals surface area (Å²) in [6.07, 6.45) is 0. The normalized spacial score (nSPS) is 10.4. The first-order chi connectivity index (χ1) is 8.04. The number of aryl methyl sites for hydroxylation is 1. The smallest absolute Gasteiger partial charge is 0.327 e. The molecular formula is C10H6Cl2FN3O. The second-order valence-corrected chi connectivity index (χ2v) is 3.84. The van der Waals surface area contributed by atoms with Crippen molar-refractivity contribution >= 4 is 23.2 Å². The predicted octanol–water partition coefficient (Wildman–Crippen LogP) is 3.42. The van der Waals surface area contributed by atoms with Gasteiger partial charge in [0.2, 0.25) is 10.6 Å². The first kappa shape index (κ1) is 12.0. The van der Waals surface area contributed by atoms with E-state index in [4.69, 9.17) is 27.9 Å². The lowest BCUT2D eigenvalue weighted by atomic mass is 10.2. The molecule has 0 aliphatic rings. The molecule has 0 saturated carbocycles. The fourth-order valence-corrected chi connectivity index (χ4v) is 1.48. The van der Waals surface area contributed by atoms with Gasteiger partial charge in [0.05, 0.1) is 0 Å². The first-order valence-electron chi connectivity index (χ1n) is 4.55. The first-order valence-corrected chi connectivity index (χ1v) is 5.31. The monoisotopic (exact) mass is 273 g/mol. The van der Waals surface area contributed by atoms with Crippen LogP contribution in [0.5, 0.6) is 11.8 Å². The number of benzene rings is 1. The number of rotatable bonds is 2. The van der Waals surface area contributed by atoms with Crippen LogP contribution in [0.4, 0.5) is 4.39 Å². The molecule has 1 heterocycles. The third-order valence-electron chi connectivity index (χ3n) is 1.91. The number of ether oxygens (including phenoxy) is 1. The van der Waals surface area contributed by atoms with Gasteiger partial charge >= 0.3 is 6.01 Å². The van der Waals surface area contributed by atoms with Gasteiger partial charge in [0, 0.05) is 6.07 Å². The molecule has 4 nitrogen and oxygen atoms in total. The Hall–Kier alpha value is -1.46. The molecule has 0 N–H and O–H groups in total. The Morgan fingerprint density at radius 2 is 1.76 bits per heavy atom. The molecule has 0 amide bonds. The van der Waals surface area contributed by atoms with E-state index >= 15 is 0 Å². The summed E-state index contributed by atoms with van der Waals surface area (Å²) in [6, 6.07) is 4.05. The molecule has 7 heteroatoms. The van der Waals surface area contributed by atoms with Crippen molar-refractivity contribution in [3.8, 4) is 11.8 Å². The summed E-state index contributed by atoms with van der Waals surface area (Å²) in [6.45, 7) is 1.76. The minimum absolute atomic E-state index is 0.0799. The minimum atomic E-state index is -0.420. The summed E-state index contributed by atoms with van der Waals surface area (Å²) in [5.74, 6) is -0.125. The highest BCUT2D eigenvalue weighted by molar-refractivity contribution is 6.31. The van der Waals surface area contributed by atoms with Crippen molar-refractivity contribution in [2.24, 2.45) is 0 Å². The van der Waals surface area contributed by atoms with Crippen LogP contribution < -0.4 is 4.74 Å². The molecule has 0 bridgehead atoms. The molecule has 0 saturated heterocycles. The third kappa shape index (κ3) is 3.01. The van der Waals surface area contributed by atoms with Crippen molar-refractivity contribution in [1.82, 2.24) is 15.0 Å². The van der Waals surface area contributed by atoms with Gasteiger partial charge in [-0.25, -0.2) is 4.39 Å². The van der Waals surface area contributed by atoms with E-state index in [2.05, 4.69) is 15.0 Å². The predicted molar refractivity (Wildman–Crippen MR) is 61.1 cm³/mol. The van der Waals surface area contributed by atoms with E-state index in [1.165, 1.54) is 12.1 Å². The molecule has 0 unspecified atom stereocenters. The molecule has 0 aliphatic heterocycles. The van der Waals surface area contributed by atoms with Crippen molar-refractivity contribution in [3.63, 3.8) is 0 Å². The van der Waals surface area contributed by atoms with Gasteiger partial charge in [-0.05, 0) is 41.8 Å². The van der Waals surface area contributed by atoms with E-state index in [1.54, 1.807) is 13.0 Å². The highest BCUT2D eigenvalue weighted by Gasteiger charge is 2.08. The molecule has 2 rings (SSSR count). The topological polar surface area (TPSA) is 47.9 Å². The van der Waals surface area contributed by atoms with Gasteiger partial charge in [0.15, 0.2) is 0 Å². The van der Waals surface area contributed by atoms with Crippen LogP contribution in [0.3, 0.4) is 0 Å². The molecule has 0 aliphatic carbocycles. The van der Waals surface area contributed by atoms with Gasteiger partial charge in [-0.15, -0.1) is 0 Å². The van der Waals surface area contributed by atoms with Crippen LogP contribution in [0, 0.1) is 12.7 Å². The number of nitrogens with zero attached hydrogens (tertiary/aromatic N) is 3. The zero-order valence-corrected chi connectivity index (χ0v) is 10.1. The van der Waals surface area contributed by atoms with Crippen LogP contribution in [0.1, 0.15) is 5.56 Å². The molecule has 2 aromatic rings. The summed E-state index contributed by atoms with van der Waals surface area (Å²) in [7, 11) is 0. The Kier molecular flexibility index (Phi) is 3.40. The van der Waals surface area contributed by atoms with Crippen molar-refractivity contribution < 1.29 is 9.13 Å². The van der Waals surface area contributed by atoms with Crippen LogP contribution >= 0.6 is 23.2 Å². The summed E-state index contributed by atoms with van der Waals surface area (Å²) < 4.78 is 18.3. The highest BCUT2D eigenvalue weighted by atomic mass is 35.5. The summed E-state index contributed by atoms with van der Waals surface area (Å²) in [5, 5.41) is -0.178. The fourth-order valence-electron chi connectivity index (χ4n) is 1.14. The molecule has 88 valence electrons. The molecule has 0 radical (unpaired) electrons. The largest absolute Gasteiger partial charge is 0.424 e. The maximum absolute atomic E-state index is 13.0. The van der Waals surface area contributed by atoms with Gasteiger partial charge in [-0.2, -0.15) is 15.0 Å². The molecule has 1 aromatic carbocycles. The van der Waals surface area contributed by atoms with Crippen molar-refractivity contribution in [3.05, 3.63) is 40.1 Å². The quantitative estimate of drug-likeness (QED) is 0.841. The molecular weight excluding hydrogens is 268 g/mol. The molecule has 1 aromatic heterocycles. The highest BCUT2D eigenvalue weighted by Crippen LogP contribution is 2.24. The number of halogens is 3. The molecule has 0 fully saturated rings. The maximum atomic E-state index is 13.0. The van der Waals surface area contributed by atoms with Crippen molar-refractivity contribution in [1.29, 1.82) is 0 Å². The van der Waals surface area contributed by atoms with Crippen LogP contribution in [-0.2, 0) is 0 Å². The summed E-state index contributed by atoms with van der Waals surface area (Å²) in [5.41, 5.74) is 0.735. The Balaban J connectivity index is 2.34. The van der Waals surface area contributed by atoms with Crippen LogP contribution in [-0.4, -0.2) is 15.0 Å². The Morgan fingerprint density at radius 3 is 2.41 bits per heavy atom. The Bertz CT molecular complexity index is 545. The van der Waals surface area contributed by atoms with Gasteiger partial charge in [-0.1, -0.05) is 6.07 Å². The fraction of sp³-hybridized carbons (Fsp3) is 0.100. The van der Waals surface area contributed by atoms with E-state index in [9.17, 15) is 4.39 Å². The SMILES string of the molecule is Cc1ccc(F)cc1Oc1nc(Cl)nc(Cl)n1. The van der Waals surface area contributed by atoms with Gasteiger partial charge in [0.25, 0.3) is 0 Å². The van der Waals surface area contributed by atoms with E-state index < -0.39 is 5.82 Å². The summed E-state index contributed by atoms with van der Waals surface area (Å²) >= 11 is 11.2. The zero-order valence-electron chi connectivity index (χ0n) is 8.62. The van der Waals surface area contributed by atoms with E-state index in [1.807, 2.05) is 0 Å². The maximum Gasteiger partial charge on any atom is 0.327 e. The third-order valence-corrected chi connectivity index (χ3v) is 2.25. The van der Waals surface area contributed by atoms with E-state index in [-0.39, 0.29) is 16.6 Å². The standard InChI is InChI=1S/C10H6Cl2FN3O/c1-5-2-3-6(13)4-7(5)17-10-15-8(11)14-9(12)16-10/h2-4H,1H3. The van der Waals surface area contributed by atoms with E-state index in [0.29, 0.717) is 5.75 Å². The Labute approximate surface area is 106 Å². The summed E-state index contributed by atoms with van der Waals surface area (Å²) in [4.78, 5) is 11.0. The lowest BCUT2D eigenvalue weighted by Crippen LogP contribution is -1.96. The second-order valence-electron chi connectivity index (χ2n) is 3.17. The number of hydrogen-bond acceptors (Lipinski definition) is 4. The van der Waals surface area contributed by atoms with Gasteiger partial charge in [0.1, 0.15) is 11.6 Å². The van der Waals surface area contributed by atoms with Gasteiger partial charge in [-0.3, -0.25) is 0 Å². The lowest BCUT2D eigenvalue weighted by Gasteiger charge is -2.06. The van der Waals surface area contributed by atoms with Crippen molar-refractivity contribution in [2.75, 3.05) is 0 Å². The molecule has 0 spiro atoms. The minimum Gasteiger partial charge on any atom is -0.424 e. The zero-order chi connectivity index (χ0) is 12.4. The lowest BCUT2D eigenvalue weighted by molar-refractivity contribution is 0.432. The van der Waals surface area contributed by atoms with Crippen LogP contribution in [0.25, 0.3) is 0 Å². The Morgan fingerprint density at radius 1 is 1.12 bits per heavy atom. The van der Waals surface area contributed by atoms with Crippen molar-refractivity contribution in [2.45, 2.75) is 6.92 Å². The number of hydrogen-bond donors (Lipinski definition) is 0. The average molecular weight is 274 g/mol. The van der Waals surface area contributed by atoms with E-state index in [0.717, 1.165) is 5.56 Å². The molecule has 17 heavy (non-hydrogen) atoms. The average Bonchev–Trinajstić information content (AvgIpc) is 2.22. The van der Waals surface area contributed by atoms with Crippen LogP contribution in [0.15, 0.2) is 18.2 Å². The molecule has 0 atom stereocenters. The second kappa shape index (κ2) is 4.81. The number of aromatic nitrogens is 3. The van der Waals surface area contributed by atoms with Crippen LogP contribution in [0.2, 0.25) is 10.6 Å².